The molecule has 2 rings (SSSR count). The van der Waals surface area contributed by atoms with Crippen molar-refractivity contribution in [1.29, 1.82) is 0 Å². The predicted molar refractivity (Wildman–Crippen MR) is 96.6 cm³/mol. The fourth-order valence-electron chi connectivity index (χ4n) is 2.36. The van der Waals surface area contributed by atoms with E-state index in [1.165, 1.54) is 36.9 Å². The number of nitrogens with one attached hydrogen (secondary N) is 1. The lowest BCUT2D eigenvalue weighted by Gasteiger charge is -2.25. The van der Waals surface area contributed by atoms with Crippen molar-refractivity contribution in [2.24, 2.45) is 0 Å². The number of carboxylic acids is 1. The van der Waals surface area contributed by atoms with Crippen molar-refractivity contribution in [2.45, 2.75) is 19.0 Å². The van der Waals surface area contributed by atoms with Crippen LogP contribution in [0, 0.1) is 0 Å². The second kappa shape index (κ2) is 8.16. The molecule has 8 heteroatoms. The zero-order valence-electron chi connectivity index (χ0n) is 14.4. The summed E-state index contributed by atoms with van der Waals surface area (Å²) in [6, 6.07) is 9.66. The third kappa shape index (κ3) is 4.50. The Morgan fingerprint density at radius 2 is 1.96 bits per heavy atom. The first kappa shape index (κ1) is 19.7. The summed E-state index contributed by atoms with van der Waals surface area (Å²) in [5, 5.41) is 12.3. The minimum absolute atomic E-state index is 0.153. The van der Waals surface area contributed by atoms with E-state index in [9.17, 15) is 19.5 Å². The zero-order valence-corrected chi connectivity index (χ0v) is 15.1. The highest BCUT2D eigenvalue weighted by Gasteiger charge is 2.35. The molecule has 0 aliphatic heterocycles. The van der Waals surface area contributed by atoms with Gasteiger partial charge in [-0.2, -0.15) is 0 Å². The highest BCUT2D eigenvalue weighted by molar-refractivity contribution is 6.31. The third-order valence-corrected chi connectivity index (χ3v) is 4.21. The number of rotatable bonds is 7. The summed E-state index contributed by atoms with van der Waals surface area (Å²) in [5.41, 5.74) is -1.02. The molecule has 0 aliphatic rings. The fraction of sp³-hybridized carbons (Fsp3) is 0.278. The molecular weight excluding hydrogens is 360 g/mol. The van der Waals surface area contributed by atoms with Gasteiger partial charge in [0.05, 0.1) is 18.7 Å². The molecule has 0 saturated carbocycles. The lowest BCUT2D eigenvalue weighted by atomic mass is 10.0. The van der Waals surface area contributed by atoms with Crippen molar-refractivity contribution in [3.63, 3.8) is 0 Å². The molecule has 0 fully saturated rings. The molecule has 0 aliphatic carbocycles. The summed E-state index contributed by atoms with van der Waals surface area (Å²) in [4.78, 5) is 35.9. The number of carbonyl (C=O) groups excluding carboxylic acids is 1. The largest absolute Gasteiger partial charge is 0.479 e. The molecule has 26 heavy (non-hydrogen) atoms. The van der Waals surface area contributed by atoms with Gasteiger partial charge in [-0.15, -0.1) is 0 Å². The molecule has 0 bridgehead atoms. The lowest BCUT2D eigenvalue weighted by Crippen LogP contribution is -2.55. The van der Waals surface area contributed by atoms with Crippen molar-refractivity contribution in [3.05, 3.63) is 69.1 Å². The molecule has 0 spiro atoms. The van der Waals surface area contributed by atoms with Gasteiger partial charge in [0.25, 0.3) is 11.5 Å². The van der Waals surface area contributed by atoms with Gasteiger partial charge in [-0.05, 0) is 24.6 Å². The number of halogens is 1. The van der Waals surface area contributed by atoms with Gasteiger partial charge in [-0.3, -0.25) is 9.59 Å². The first-order valence-electron chi connectivity index (χ1n) is 7.75. The smallest absolute Gasteiger partial charge is 0.331 e. The van der Waals surface area contributed by atoms with Crippen molar-refractivity contribution in [3.8, 4) is 0 Å². The van der Waals surface area contributed by atoms with Crippen LogP contribution in [0.15, 0.2) is 47.4 Å². The van der Waals surface area contributed by atoms with Crippen LogP contribution in [0.25, 0.3) is 0 Å². The molecule has 1 aromatic heterocycles. The van der Waals surface area contributed by atoms with Gasteiger partial charge < -0.3 is 19.7 Å². The summed E-state index contributed by atoms with van der Waals surface area (Å²) in [7, 11) is 1.34. The molecule has 7 nitrogen and oxygen atoms in total. The number of aliphatic carboxylic acids is 1. The fourth-order valence-corrected chi connectivity index (χ4v) is 2.56. The number of aromatic nitrogens is 1. The zero-order chi connectivity index (χ0) is 19.3. The second-order valence-electron chi connectivity index (χ2n) is 6.00. The van der Waals surface area contributed by atoms with E-state index < -0.39 is 17.4 Å². The SMILES string of the molecule is COCC(C)(NC(=O)c1ccc(=O)n(Cc2ccccc2Cl)c1)C(=O)O. The number of amides is 1. The van der Waals surface area contributed by atoms with E-state index >= 15 is 0 Å². The normalized spacial score (nSPS) is 13.0. The number of ether oxygens (including phenoxy) is 1. The molecular formula is C18H19ClN2O5. The maximum absolute atomic E-state index is 12.5. The molecule has 138 valence electrons. The van der Waals surface area contributed by atoms with Crippen LogP contribution in [-0.4, -0.2) is 40.8 Å². The molecule has 2 N–H and O–H groups in total. The van der Waals surface area contributed by atoms with Crippen LogP contribution in [-0.2, 0) is 16.1 Å². The number of carboxylic acid groups (broad SMARTS) is 1. The first-order valence-corrected chi connectivity index (χ1v) is 8.13. The number of nitrogens with zero attached hydrogens (tertiary/aromatic N) is 1. The van der Waals surface area contributed by atoms with E-state index in [-0.39, 0.29) is 24.3 Å². The average molecular weight is 379 g/mol. The van der Waals surface area contributed by atoms with Crippen LogP contribution in [0.5, 0.6) is 0 Å². The van der Waals surface area contributed by atoms with Crippen LogP contribution < -0.4 is 10.9 Å². The summed E-state index contributed by atoms with van der Waals surface area (Å²) < 4.78 is 6.21. The topological polar surface area (TPSA) is 97.6 Å². The molecule has 1 unspecified atom stereocenters. The Labute approximate surface area is 155 Å². The van der Waals surface area contributed by atoms with E-state index in [0.717, 1.165) is 5.56 Å². The maximum atomic E-state index is 12.5. The minimum atomic E-state index is -1.59. The predicted octanol–water partition coefficient (Wildman–Crippen LogP) is 1.77. The van der Waals surface area contributed by atoms with Gasteiger partial charge in [0, 0.05) is 24.4 Å². The van der Waals surface area contributed by atoms with E-state index in [1.54, 1.807) is 24.3 Å². The van der Waals surface area contributed by atoms with Crippen molar-refractivity contribution in [2.75, 3.05) is 13.7 Å². The first-order chi connectivity index (χ1) is 12.3. The monoisotopic (exact) mass is 378 g/mol. The van der Waals surface area contributed by atoms with Gasteiger partial charge in [0.15, 0.2) is 5.54 Å². The third-order valence-electron chi connectivity index (χ3n) is 3.84. The van der Waals surface area contributed by atoms with E-state index in [4.69, 9.17) is 16.3 Å². The van der Waals surface area contributed by atoms with Crippen molar-refractivity contribution in [1.82, 2.24) is 9.88 Å². The van der Waals surface area contributed by atoms with Gasteiger partial charge in [0.2, 0.25) is 0 Å². The van der Waals surface area contributed by atoms with Gasteiger partial charge in [0.1, 0.15) is 0 Å². The number of benzene rings is 1. The maximum Gasteiger partial charge on any atom is 0.331 e. The Kier molecular flexibility index (Phi) is 6.18. The minimum Gasteiger partial charge on any atom is -0.479 e. The number of pyridine rings is 1. The highest BCUT2D eigenvalue weighted by Crippen LogP contribution is 2.16. The Bertz CT molecular complexity index is 880. The van der Waals surface area contributed by atoms with E-state index in [1.807, 2.05) is 0 Å². The van der Waals surface area contributed by atoms with Crippen LogP contribution in [0.1, 0.15) is 22.8 Å². The molecule has 1 atom stereocenters. The molecule has 0 saturated heterocycles. The van der Waals surface area contributed by atoms with Crippen molar-refractivity contribution >= 4 is 23.5 Å². The van der Waals surface area contributed by atoms with E-state index in [0.29, 0.717) is 5.02 Å². The standard InChI is InChI=1S/C18H19ClN2O5/c1-18(11-26-2,17(24)25)20-16(23)13-7-8-15(22)21(10-13)9-12-5-3-4-6-14(12)19/h3-8,10H,9,11H2,1-2H3,(H,20,23)(H,24,25). The second-order valence-corrected chi connectivity index (χ2v) is 6.41. The number of carbonyl (C=O) groups is 2. The van der Waals surface area contributed by atoms with Crippen LogP contribution in [0.2, 0.25) is 5.02 Å². The quantitative estimate of drug-likeness (QED) is 0.765. The van der Waals surface area contributed by atoms with Crippen molar-refractivity contribution < 1.29 is 19.4 Å². The van der Waals surface area contributed by atoms with Crippen LogP contribution in [0.3, 0.4) is 0 Å². The molecule has 1 amide bonds. The highest BCUT2D eigenvalue weighted by atomic mass is 35.5. The summed E-state index contributed by atoms with van der Waals surface area (Å²) >= 11 is 6.11. The van der Waals surface area contributed by atoms with Crippen LogP contribution >= 0.6 is 11.6 Å². The summed E-state index contributed by atoms with van der Waals surface area (Å²) in [6.45, 7) is 1.33. The summed E-state index contributed by atoms with van der Waals surface area (Å²) in [5.74, 6) is -1.85. The van der Waals surface area contributed by atoms with E-state index in [2.05, 4.69) is 5.32 Å². The number of hydrogen-bond acceptors (Lipinski definition) is 4. The Balaban J connectivity index is 2.28. The Hall–Kier alpha value is -2.64. The molecule has 1 heterocycles. The lowest BCUT2D eigenvalue weighted by molar-refractivity contribution is -0.145. The molecule has 1 aromatic carbocycles. The Morgan fingerprint density at radius 1 is 1.27 bits per heavy atom. The van der Waals surface area contributed by atoms with Gasteiger partial charge in [-0.25, -0.2) is 4.79 Å². The van der Waals surface area contributed by atoms with Gasteiger partial charge in [-0.1, -0.05) is 29.8 Å². The number of methoxy groups -OCH3 is 1. The summed E-state index contributed by atoms with van der Waals surface area (Å²) in [6.07, 6.45) is 1.37. The van der Waals surface area contributed by atoms with Crippen LogP contribution in [0.4, 0.5) is 0 Å². The van der Waals surface area contributed by atoms with Gasteiger partial charge >= 0.3 is 5.97 Å². The number of hydrogen-bond donors (Lipinski definition) is 2. The molecule has 2 aromatic rings. The Morgan fingerprint density at radius 3 is 2.58 bits per heavy atom. The molecule has 0 radical (unpaired) electrons. The average Bonchev–Trinajstić information content (AvgIpc) is 2.58.